The van der Waals surface area contributed by atoms with Gasteiger partial charge in [0.2, 0.25) is 0 Å². The van der Waals surface area contributed by atoms with E-state index in [-0.39, 0.29) is 0 Å². The van der Waals surface area contributed by atoms with Crippen molar-refractivity contribution >= 4 is 7.26 Å². The van der Waals surface area contributed by atoms with E-state index in [0.717, 1.165) is 0 Å². The Bertz CT molecular complexity index is 326. The van der Waals surface area contributed by atoms with E-state index in [1.807, 2.05) is 0 Å². The molecule has 0 atom stereocenters. The van der Waals surface area contributed by atoms with Gasteiger partial charge in [-0.15, -0.1) is 0 Å². The fourth-order valence-corrected chi connectivity index (χ4v) is 10.9. The number of hydrogen-bond donors (Lipinski definition) is 0. The first-order valence-electron chi connectivity index (χ1n) is 17.1. The lowest BCUT2D eigenvalue weighted by Gasteiger charge is -2.28. The Labute approximate surface area is 226 Å². The van der Waals surface area contributed by atoms with Crippen molar-refractivity contribution in [2.45, 2.75) is 195 Å². The molecule has 0 aromatic carbocycles. The Morgan fingerprint density at radius 3 is 0.686 bits per heavy atom. The molecule has 0 N–H and O–H groups in total. The Balaban J connectivity index is 4.50. The normalized spacial score (nSPS) is 12.0. The quantitative estimate of drug-likeness (QED) is 0.0664. The van der Waals surface area contributed by atoms with Crippen LogP contribution in [0.4, 0.5) is 0 Å². The smallest absolute Gasteiger partial charge is 0.0594 e. The van der Waals surface area contributed by atoms with Crippen molar-refractivity contribution in [3.05, 3.63) is 0 Å². The lowest BCUT2D eigenvalue weighted by atomic mass is 10.1. The highest BCUT2D eigenvalue weighted by molar-refractivity contribution is 7.75. The molecule has 0 rings (SSSR count). The molecule has 0 radical (unpaired) electrons. The summed E-state index contributed by atoms with van der Waals surface area (Å²) in [5.74, 6) is 0. The molecule has 0 spiro atoms. The average molecular weight is 512 g/mol. The predicted octanol–water partition coefficient (Wildman–Crippen LogP) is 13.2. The molecule has 0 bridgehead atoms. The molecule has 0 saturated heterocycles. The summed E-state index contributed by atoms with van der Waals surface area (Å²) in [6, 6.07) is 0. The third-order valence-corrected chi connectivity index (χ3v) is 13.5. The van der Waals surface area contributed by atoms with Crippen LogP contribution in [-0.2, 0) is 0 Å². The maximum atomic E-state index is 2.43. The summed E-state index contributed by atoms with van der Waals surface area (Å²) >= 11 is 0. The van der Waals surface area contributed by atoms with Crippen LogP contribution in [0.5, 0.6) is 0 Å². The number of unbranched alkanes of at least 4 members (excludes halogenated alkanes) is 22. The first kappa shape index (κ1) is 35.4. The van der Waals surface area contributed by atoms with E-state index in [2.05, 4.69) is 27.7 Å². The second kappa shape index (κ2) is 29.0. The van der Waals surface area contributed by atoms with E-state index in [1.165, 1.54) is 148 Å². The second-order valence-electron chi connectivity index (χ2n) is 12.0. The second-order valence-corrected chi connectivity index (χ2v) is 16.5. The van der Waals surface area contributed by atoms with E-state index >= 15 is 0 Å². The molecule has 35 heavy (non-hydrogen) atoms. The van der Waals surface area contributed by atoms with Gasteiger partial charge in [-0.05, 0) is 44.9 Å². The van der Waals surface area contributed by atoms with Crippen molar-refractivity contribution in [1.29, 1.82) is 0 Å². The van der Waals surface area contributed by atoms with Crippen LogP contribution in [0, 0.1) is 0 Å². The molecular formula is C34H72P+. The van der Waals surface area contributed by atoms with Crippen LogP contribution in [0.15, 0.2) is 0 Å². The topological polar surface area (TPSA) is 0 Å². The van der Waals surface area contributed by atoms with Crippen LogP contribution in [0.3, 0.4) is 0 Å². The maximum Gasteiger partial charge on any atom is 0.0594 e. The van der Waals surface area contributed by atoms with E-state index in [0.29, 0.717) is 0 Å². The Hall–Kier alpha value is 0.430. The van der Waals surface area contributed by atoms with Gasteiger partial charge >= 0.3 is 0 Å². The van der Waals surface area contributed by atoms with Crippen molar-refractivity contribution in [3.8, 4) is 0 Å². The largest absolute Gasteiger partial charge is 0.0654 e. The van der Waals surface area contributed by atoms with Crippen molar-refractivity contribution in [2.24, 2.45) is 0 Å². The standard InChI is InChI=1S/C34H72P/c1-5-9-13-16-19-22-25-28-32-35(31-12-8-4,33-29-26-23-20-17-14-10-6-2)34-30-27-24-21-18-15-11-7-3/h5-34H2,1-4H3/q+1. The summed E-state index contributed by atoms with van der Waals surface area (Å²) in [7, 11) is -0.711. The van der Waals surface area contributed by atoms with Crippen molar-refractivity contribution in [1.82, 2.24) is 0 Å². The highest BCUT2D eigenvalue weighted by Gasteiger charge is 2.34. The van der Waals surface area contributed by atoms with Gasteiger partial charge in [-0.3, -0.25) is 0 Å². The Morgan fingerprint density at radius 1 is 0.229 bits per heavy atom. The Kier molecular flexibility index (Phi) is 29.3. The molecule has 0 aliphatic heterocycles. The maximum absolute atomic E-state index is 2.43. The van der Waals surface area contributed by atoms with Gasteiger partial charge in [0.05, 0.1) is 24.6 Å². The number of rotatable bonds is 30. The van der Waals surface area contributed by atoms with Crippen LogP contribution >= 0.6 is 7.26 Å². The fourth-order valence-electron chi connectivity index (χ4n) is 5.91. The van der Waals surface area contributed by atoms with Crippen LogP contribution in [0.2, 0.25) is 0 Å². The summed E-state index contributed by atoms with van der Waals surface area (Å²) in [5.41, 5.74) is 0. The molecule has 0 unspecified atom stereocenters. The van der Waals surface area contributed by atoms with Crippen LogP contribution in [0.25, 0.3) is 0 Å². The zero-order valence-electron chi connectivity index (χ0n) is 25.7. The molecule has 0 aliphatic carbocycles. The zero-order chi connectivity index (χ0) is 25.7. The third-order valence-electron chi connectivity index (χ3n) is 8.44. The fraction of sp³-hybridized carbons (Fsp3) is 1.00. The molecule has 212 valence electrons. The summed E-state index contributed by atoms with van der Waals surface area (Å²) in [6.45, 7) is 9.42. The molecule has 0 heterocycles. The molecule has 0 fully saturated rings. The van der Waals surface area contributed by atoms with Gasteiger partial charge in [0, 0.05) is 7.26 Å². The zero-order valence-corrected chi connectivity index (χ0v) is 26.6. The summed E-state index contributed by atoms with van der Waals surface area (Å²) in [4.78, 5) is 0. The monoisotopic (exact) mass is 512 g/mol. The molecule has 0 aliphatic rings. The van der Waals surface area contributed by atoms with Gasteiger partial charge in [-0.1, -0.05) is 150 Å². The van der Waals surface area contributed by atoms with Crippen molar-refractivity contribution in [2.75, 3.05) is 24.6 Å². The van der Waals surface area contributed by atoms with E-state index in [9.17, 15) is 0 Å². The van der Waals surface area contributed by atoms with E-state index in [1.54, 1.807) is 43.9 Å². The first-order valence-corrected chi connectivity index (χ1v) is 19.6. The van der Waals surface area contributed by atoms with Gasteiger partial charge in [0.25, 0.3) is 0 Å². The van der Waals surface area contributed by atoms with Crippen LogP contribution < -0.4 is 0 Å². The minimum Gasteiger partial charge on any atom is -0.0654 e. The van der Waals surface area contributed by atoms with Crippen molar-refractivity contribution < 1.29 is 0 Å². The summed E-state index contributed by atoms with van der Waals surface area (Å²) in [5, 5.41) is 0. The molecule has 0 nitrogen and oxygen atoms in total. The first-order chi connectivity index (χ1) is 17.2. The van der Waals surface area contributed by atoms with Gasteiger partial charge in [0.1, 0.15) is 0 Å². The Morgan fingerprint density at radius 2 is 0.429 bits per heavy atom. The molecule has 1 heteroatoms. The summed E-state index contributed by atoms with van der Waals surface area (Å²) in [6.07, 6.45) is 45.1. The van der Waals surface area contributed by atoms with E-state index in [4.69, 9.17) is 0 Å². The summed E-state index contributed by atoms with van der Waals surface area (Å²) < 4.78 is 0. The van der Waals surface area contributed by atoms with Crippen molar-refractivity contribution in [3.63, 3.8) is 0 Å². The lowest BCUT2D eigenvalue weighted by Crippen LogP contribution is -2.13. The van der Waals surface area contributed by atoms with Crippen LogP contribution in [-0.4, -0.2) is 24.6 Å². The lowest BCUT2D eigenvalue weighted by molar-refractivity contribution is 0.580. The molecule has 0 amide bonds. The van der Waals surface area contributed by atoms with Gasteiger partial charge in [-0.25, -0.2) is 0 Å². The minimum absolute atomic E-state index is 0.711. The van der Waals surface area contributed by atoms with Gasteiger partial charge in [-0.2, -0.15) is 0 Å². The van der Waals surface area contributed by atoms with Crippen LogP contribution in [0.1, 0.15) is 195 Å². The van der Waals surface area contributed by atoms with Gasteiger partial charge in [0.15, 0.2) is 0 Å². The minimum atomic E-state index is -0.711. The third kappa shape index (κ3) is 24.5. The van der Waals surface area contributed by atoms with Gasteiger partial charge < -0.3 is 0 Å². The SMILES string of the molecule is CCCCCCCCCC[P+](CCCC)(CCCCCCCCCC)CCCCCCCCCC. The molecule has 0 aromatic rings. The molecule has 0 saturated carbocycles. The average Bonchev–Trinajstić information content (AvgIpc) is 2.87. The highest BCUT2D eigenvalue weighted by Crippen LogP contribution is 2.61. The predicted molar refractivity (Wildman–Crippen MR) is 169 cm³/mol. The highest BCUT2D eigenvalue weighted by atomic mass is 31.2. The number of hydrogen-bond acceptors (Lipinski definition) is 0. The van der Waals surface area contributed by atoms with E-state index < -0.39 is 7.26 Å². The molecular weight excluding hydrogens is 439 g/mol. The molecule has 0 aromatic heterocycles.